The first kappa shape index (κ1) is 24.8. The maximum atomic E-state index is 14.2. The highest BCUT2D eigenvalue weighted by molar-refractivity contribution is 6.28. The van der Waals surface area contributed by atoms with Gasteiger partial charge in [0, 0.05) is 41.6 Å². The number of fused-ring (bicyclic) bond motifs is 2. The van der Waals surface area contributed by atoms with Crippen molar-refractivity contribution >= 4 is 39.6 Å². The molecule has 7 heteroatoms. The molecule has 3 aliphatic rings. The van der Waals surface area contributed by atoms with Gasteiger partial charge in [0.2, 0.25) is 0 Å². The van der Waals surface area contributed by atoms with E-state index in [4.69, 9.17) is 4.74 Å². The van der Waals surface area contributed by atoms with E-state index in [0.717, 1.165) is 16.5 Å². The Balaban J connectivity index is 1.54. The van der Waals surface area contributed by atoms with Crippen LogP contribution in [0.5, 0.6) is 0 Å². The summed E-state index contributed by atoms with van der Waals surface area (Å²) >= 11 is 0. The molecule has 7 nitrogen and oxygen atoms in total. The standard InChI is InChI=1S/C31H32N2O5/c1-5-15-32-23-13-12-20(33-24-11-7-9-19-8-6-10-21(26(19)24)28(33)35)17-22(23)31(29(32)36)18(2)27(30(3,4)37)25(38-31)14-16-34/h5-13,17-18,25,27,34,37H,1,14-16H2,2-4H3/t18-,25+,27-,31+/m0/s1. The molecule has 0 aliphatic carbocycles. The average Bonchev–Trinajstić information content (AvgIpc) is 3.43. The molecule has 6 rings (SSSR count). The Hall–Kier alpha value is -3.52. The van der Waals surface area contributed by atoms with Crippen LogP contribution in [0.2, 0.25) is 0 Å². The summed E-state index contributed by atoms with van der Waals surface area (Å²) in [6, 6.07) is 17.2. The molecule has 4 atom stereocenters. The summed E-state index contributed by atoms with van der Waals surface area (Å²) in [5.41, 5.74) is 0.957. The van der Waals surface area contributed by atoms with Gasteiger partial charge in [-0.2, -0.15) is 0 Å². The molecular formula is C31H32N2O5. The van der Waals surface area contributed by atoms with Crippen molar-refractivity contribution in [2.24, 2.45) is 11.8 Å². The van der Waals surface area contributed by atoms with Gasteiger partial charge >= 0.3 is 0 Å². The van der Waals surface area contributed by atoms with Gasteiger partial charge in [-0.3, -0.25) is 14.5 Å². The van der Waals surface area contributed by atoms with Gasteiger partial charge in [-0.15, -0.1) is 6.58 Å². The van der Waals surface area contributed by atoms with Gasteiger partial charge in [0.05, 0.1) is 28.6 Å². The molecule has 1 saturated heterocycles. The number of carbonyl (C=O) groups excluding carboxylic acids is 2. The van der Waals surface area contributed by atoms with E-state index in [1.54, 1.807) is 29.7 Å². The Bertz CT molecular complexity index is 1490. The first-order chi connectivity index (χ1) is 18.1. The van der Waals surface area contributed by atoms with Crippen LogP contribution in [0, 0.1) is 11.8 Å². The summed E-state index contributed by atoms with van der Waals surface area (Å²) < 4.78 is 6.63. The molecule has 3 aliphatic heterocycles. The summed E-state index contributed by atoms with van der Waals surface area (Å²) in [5, 5.41) is 22.8. The van der Waals surface area contributed by atoms with Gasteiger partial charge in [0.15, 0.2) is 5.60 Å². The van der Waals surface area contributed by atoms with Gasteiger partial charge in [-0.05, 0) is 56.0 Å². The summed E-state index contributed by atoms with van der Waals surface area (Å²) in [6.07, 6.45) is 1.45. The minimum atomic E-state index is -1.36. The fraction of sp³-hybridized carbons (Fsp3) is 0.355. The zero-order chi connectivity index (χ0) is 27.0. The molecule has 2 N–H and O–H groups in total. The first-order valence-corrected chi connectivity index (χ1v) is 13.1. The third-order valence-corrected chi connectivity index (χ3v) is 8.51. The molecule has 0 radical (unpaired) electrons. The van der Waals surface area contributed by atoms with Crippen molar-refractivity contribution in [3.05, 3.63) is 78.4 Å². The fourth-order valence-electron chi connectivity index (χ4n) is 7.08. The number of aliphatic hydroxyl groups excluding tert-OH is 1. The van der Waals surface area contributed by atoms with E-state index in [-0.39, 0.29) is 18.4 Å². The van der Waals surface area contributed by atoms with Crippen LogP contribution >= 0.6 is 0 Å². The monoisotopic (exact) mass is 512 g/mol. The second kappa shape index (κ2) is 8.50. The number of anilines is 3. The van der Waals surface area contributed by atoms with Crippen molar-refractivity contribution < 1.29 is 24.5 Å². The maximum absolute atomic E-state index is 14.2. The number of hydrogen-bond donors (Lipinski definition) is 2. The van der Waals surface area contributed by atoms with E-state index in [1.165, 1.54) is 0 Å². The average molecular weight is 513 g/mol. The molecule has 0 bridgehead atoms. The van der Waals surface area contributed by atoms with Gasteiger partial charge < -0.3 is 19.8 Å². The van der Waals surface area contributed by atoms with Crippen molar-refractivity contribution in [1.82, 2.24) is 0 Å². The minimum absolute atomic E-state index is 0.119. The minimum Gasteiger partial charge on any atom is -0.396 e. The number of carbonyl (C=O) groups is 2. The highest BCUT2D eigenvalue weighted by Gasteiger charge is 2.65. The third kappa shape index (κ3) is 3.19. The van der Waals surface area contributed by atoms with Gasteiger partial charge in [0.25, 0.3) is 11.8 Å². The zero-order valence-corrected chi connectivity index (χ0v) is 21.8. The maximum Gasteiger partial charge on any atom is 0.264 e. The van der Waals surface area contributed by atoms with Crippen molar-refractivity contribution in [3.8, 4) is 0 Å². The first-order valence-electron chi connectivity index (χ1n) is 13.1. The third-order valence-electron chi connectivity index (χ3n) is 8.51. The van der Waals surface area contributed by atoms with Crippen molar-refractivity contribution in [2.75, 3.05) is 23.0 Å². The number of aliphatic hydroxyl groups is 2. The lowest BCUT2D eigenvalue weighted by molar-refractivity contribution is -0.146. The highest BCUT2D eigenvalue weighted by atomic mass is 16.5. The van der Waals surface area contributed by atoms with Crippen LogP contribution in [0.25, 0.3) is 10.8 Å². The van der Waals surface area contributed by atoms with E-state index in [1.807, 2.05) is 61.5 Å². The molecule has 0 saturated carbocycles. The highest BCUT2D eigenvalue weighted by Crippen LogP contribution is 2.58. The largest absolute Gasteiger partial charge is 0.396 e. The van der Waals surface area contributed by atoms with Crippen LogP contribution < -0.4 is 9.80 Å². The normalized spacial score (nSPS) is 26.2. The molecule has 0 aromatic heterocycles. The molecule has 0 unspecified atom stereocenters. The predicted molar refractivity (Wildman–Crippen MR) is 147 cm³/mol. The van der Waals surface area contributed by atoms with Crippen LogP contribution in [0.4, 0.5) is 17.1 Å². The van der Waals surface area contributed by atoms with Crippen molar-refractivity contribution in [1.29, 1.82) is 0 Å². The molecule has 1 spiro atoms. The Kier molecular flexibility index (Phi) is 5.54. The van der Waals surface area contributed by atoms with E-state index >= 15 is 0 Å². The SMILES string of the molecule is C=CCN1C(=O)[C@]2(O[C@H](CCO)[C@@H](C(C)(C)O)[C@@H]2C)c2cc(N3C(=O)c4cccc5cccc3c45)ccc21. The summed E-state index contributed by atoms with van der Waals surface area (Å²) in [4.78, 5) is 31.2. The lowest BCUT2D eigenvalue weighted by Gasteiger charge is -2.34. The van der Waals surface area contributed by atoms with E-state index in [2.05, 4.69) is 6.58 Å². The fourth-order valence-corrected chi connectivity index (χ4v) is 7.08. The van der Waals surface area contributed by atoms with Crippen LogP contribution in [-0.2, 0) is 15.1 Å². The summed E-state index contributed by atoms with van der Waals surface area (Å²) in [5.74, 6) is -1.13. The molecule has 38 heavy (non-hydrogen) atoms. The number of benzene rings is 3. The number of amides is 2. The molecule has 2 amide bonds. The smallest absolute Gasteiger partial charge is 0.264 e. The topological polar surface area (TPSA) is 90.3 Å². The predicted octanol–water partition coefficient (Wildman–Crippen LogP) is 4.66. The van der Waals surface area contributed by atoms with E-state index in [9.17, 15) is 19.8 Å². The number of ether oxygens (including phenoxy) is 1. The van der Waals surface area contributed by atoms with Gasteiger partial charge in [-0.25, -0.2) is 0 Å². The van der Waals surface area contributed by atoms with Crippen LogP contribution in [-0.4, -0.2) is 46.9 Å². The molecule has 1 fully saturated rings. The Morgan fingerprint density at radius 1 is 1.11 bits per heavy atom. The second-order valence-electron chi connectivity index (χ2n) is 11.1. The molecule has 3 aromatic carbocycles. The van der Waals surface area contributed by atoms with E-state index in [0.29, 0.717) is 35.5 Å². The van der Waals surface area contributed by atoms with Crippen molar-refractivity contribution in [2.45, 2.75) is 44.5 Å². The molecule has 3 heterocycles. The second-order valence-corrected chi connectivity index (χ2v) is 11.1. The Morgan fingerprint density at radius 3 is 2.53 bits per heavy atom. The lowest BCUT2D eigenvalue weighted by atomic mass is 9.71. The van der Waals surface area contributed by atoms with Crippen LogP contribution in [0.3, 0.4) is 0 Å². The van der Waals surface area contributed by atoms with Crippen molar-refractivity contribution in [3.63, 3.8) is 0 Å². The molecule has 3 aromatic rings. The van der Waals surface area contributed by atoms with E-state index < -0.39 is 29.1 Å². The molecule has 196 valence electrons. The summed E-state index contributed by atoms with van der Waals surface area (Å²) in [7, 11) is 0. The Labute approximate surface area is 221 Å². The zero-order valence-electron chi connectivity index (χ0n) is 21.8. The number of nitrogens with zero attached hydrogens (tertiary/aromatic N) is 2. The van der Waals surface area contributed by atoms with Gasteiger partial charge in [0.1, 0.15) is 0 Å². The van der Waals surface area contributed by atoms with Gasteiger partial charge in [-0.1, -0.05) is 37.3 Å². The Morgan fingerprint density at radius 2 is 1.84 bits per heavy atom. The van der Waals surface area contributed by atoms with Crippen LogP contribution in [0.15, 0.2) is 67.3 Å². The lowest BCUT2D eigenvalue weighted by Crippen LogP contribution is -2.46. The quantitative estimate of drug-likeness (QED) is 0.469. The number of rotatable bonds is 6. The number of hydrogen-bond acceptors (Lipinski definition) is 5. The summed E-state index contributed by atoms with van der Waals surface area (Å²) in [6.45, 7) is 9.39. The van der Waals surface area contributed by atoms with Crippen LogP contribution in [0.1, 0.15) is 43.1 Å². The molecular weight excluding hydrogens is 480 g/mol.